The third-order valence-corrected chi connectivity index (χ3v) is 4.52. The predicted molar refractivity (Wildman–Crippen MR) is 102 cm³/mol. The zero-order valence-electron chi connectivity index (χ0n) is 15.6. The molecule has 3 rings (SSSR count). The number of urea groups is 1. The van der Waals surface area contributed by atoms with E-state index in [1.807, 2.05) is 6.92 Å². The van der Waals surface area contributed by atoms with Gasteiger partial charge in [-0.2, -0.15) is 10.2 Å². The minimum Gasteiger partial charge on any atom is -0.323 e. The van der Waals surface area contributed by atoms with Gasteiger partial charge in [0.2, 0.25) is 0 Å². The first kappa shape index (κ1) is 18.6. The molecular formula is C19H23FN6O. The average Bonchev–Trinajstić information content (AvgIpc) is 3.31. The van der Waals surface area contributed by atoms with Crippen molar-refractivity contribution >= 4 is 11.8 Å². The van der Waals surface area contributed by atoms with Crippen LogP contribution in [0.3, 0.4) is 0 Å². The molecule has 27 heavy (non-hydrogen) atoms. The molecule has 1 aromatic carbocycles. The minimum absolute atomic E-state index is 0.194. The van der Waals surface area contributed by atoms with E-state index in [-0.39, 0.29) is 17.9 Å². The molecule has 1 atom stereocenters. The summed E-state index contributed by atoms with van der Waals surface area (Å²) in [7, 11) is 1.71. The number of carbonyl (C=O) groups excluding carboxylic acids is 1. The number of aromatic nitrogens is 4. The molecule has 2 aromatic heterocycles. The van der Waals surface area contributed by atoms with Crippen LogP contribution in [0.25, 0.3) is 11.3 Å². The van der Waals surface area contributed by atoms with Crippen molar-refractivity contribution in [3.63, 3.8) is 0 Å². The smallest absolute Gasteiger partial charge is 0.323 e. The molecule has 0 aliphatic rings. The Morgan fingerprint density at radius 2 is 2.07 bits per heavy atom. The number of H-pyrrole nitrogens is 1. The van der Waals surface area contributed by atoms with E-state index in [0.717, 1.165) is 23.2 Å². The highest BCUT2D eigenvalue weighted by Crippen LogP contribution is 2.23. The normalized spacial score (nSPS) is 12.0. The van der Waals surface area contributed by atoms with Crippen LogP contribution in [0.2, 0.25) is 0 Å². The zero-order chi connectivity index (χ0) is 19.4. The van der Waals surface area contributed by atoms with Gasteiger partial charge in [0.1, 0.15) is 11.6 Å². The molecule has 0 spiro atoms. The van der Waals surface area contributed by atoms with Gasteiger partial charge >= 0.3 is 6.03 Å². The molecule has 0 aliphatic heterocycles. The number of halogens is 1. The predicted octanol–water partition coefficient (Wildman–Crippen LogP) is 4.05. The molecule has 0 bridgehead atoms. The Balaban J connectivity index is 1.70. The van der Waals surface area contributed by atoms with Gasteiger partial charge in [-0.1, -0.05) is 6.92 Å². The molecule has 7 nitrogen and oxygen atoms in total. The number of aromatic amines is 1. The van der Waals surface area contributed by atoms with E-state index in [4.69, 9.17) is 0 Å². The number of nitrogens with zero attached hydrogens (tertiary/aromatic N) is 4. The van der Waals surface area contributed by atoms with Gasteiger partial charge in [-0.25, -0.2) is 13.9 Å². The van der Waals surface area contributed by atoms with Gasteiger partial charge < -0.3 is 4.90 Å². The van der Waals surface area contributed by atoms with E-state index in [2.05, 4.69) is 27.5 Å². The Morgan fingerprint density at radius 3 is 2.78 bits per heavy atom. The number of nitrogens with one attached hydrogen (secondary N) is 2. The second-order valence-electron chi connectivity index (χ2n) is 6.48. The molecular weight excluding hydrogens is 347 g/mol. The number of benzene rings is 1. The molecule has 2 amide bonds. The summed E-state index contributed by atoms with van der Waals surface area (Å²) in [5.74, 6) is 0.362. The van der Waals surface area contributed by atoms with Crippen LogP contribution in [-0.2, 0) is 6.54 Å². The highest BCUT2D eigenvalue weighted by Gasteiger charge is 2.17. The van der Waals surface area contributed by atoms with Crippen molar-refractivity contribution in [1.29, 1.82) is 0 Å². The summed E-state index contributed by atoms with van der Waals surface area (Å²) in [5.41, 5.74) is 2.42. The Hall–Kier alpha value is -3.16. The third kappa shape index (κ3) is 4.16. The van der Waals surface area contributed by atoms with Crippen LogP contribution in [0, 0.1) is 5.82 Å². The van der Waals surface area contributed by atoms with Crippen LogP contribution in [-0.4, -0.2) is 38.0 Å². The van der Waals surface area contributed by atoms with Crippen LogP contribution in [0.5, 0.6) is 0 Å². The number of carbonyl (C=O) groups is 1. The van der Waals surface area contributed by atoms with Gasteiger partial charge in [-0.3, -0.25) is 10.4 Å². The molecule has 2 N–H and O–H groups in total. The Morgan fingerprint density at radius 1 is 1.33 bits per heavy atom. The maximum absolute atomic E-state index is 13.1. The Kier molecular flexibility index (Phi) is 5.54. The van der Waals surface area contributed by atoms with E-state index in [1.54, 1.807) is 47.2 Å². The second-order valence-corrected chi connectivity index (χ2v) is 6.48. The zero-order valence-corrected chi connectivity index (χ0v) is 15.6. The SMILES string of the molecule is CC[C@@H](C)n1nccc1NC(=O)N(C)Cc1cn[nH]c1-c1ccc(F)cc1. The van der Waals surface area contributed by atoms with Crippen LogP contribution in [0.4, 0.5) is 15.0 Å². The molecule has 0 fully saturated rings. The van der Waals surface area contributed by atoms with E-state index >= 15 is 0 Å². The van der Waals surface area contributed by atoms with E-state index in [0.29, 0.717) is 12.4 Å². The summed E-state index contributed by atoms with van der Waals surface area (Å²) in [5, 5.41) is 14.1. The molecule has 2 heterocycles. The van der Waals surface area contributed by atoms with Gasteiger partial charge in [0.15, 0.2) is 0 Å². The Bertz CT molecular complexity index is 901. The molecule has 0 saturated heterocycles. The number of anilines is 1. The molecule has 0 aliphatic carbocycles. The lowest BCUT2D eigenvalue weighted by molar-refractivity contribution is 0.220. The molecule has 8 heteroatoms. The van der Waals surface area contributed by atoms with Gasteiger partial charge in [0.05, 0.1) is 30.7 Å². The molecule has 0 unspecified atom stereocenters. The molecule has 3 aromatic rings. The van der Waals surface area contributed by atoms with Crippen LogP contribution in [0.15, 0.2) is 42.7 Å². The van der Waals surface area contributed by atoms with Gasteiger partial charge in [0, 0.05) is 24.2 Å². The van der Waals surface area contributed by atoms with Gasteiger partial charge in [-0.05, 0) is 37.6 Å². The second kappa shape index (κ2) is 8.03. The number of amides is 2. The standard InChI is InChI=1S/C19H23FN6O/c1-4-13(2)26-17(9-10-22-26)23-19(27)25(3)12-15-11-21-24-18(15)14-5-7-16(20)8-6-14/h5-11,13H,4,12H2,1-3H3,(H,21,24)(H,23,27)/t13-/m1/s1. The highest BCUT2D eigenvalue weighted by atomic mass is 19.1. The number of hydrogen-bond acceptors (Lipinski definition) is 3. The van der Waals surface area contributed by atoms with E-state index < -0.39 is 0 Å². The van der Waals surface area contributed by atoms with Gasteiger partial charge in [-0.15, -0.1) is 0 Å². The summed E-state index contributed by atoms with van der Waals surface area (Å²) < 4.78 is 14.9. The third-order valence-electron chi connectivity index (χ3n) is 4.52. The average molecular weight is 370 g/mol. The van der Waals surface area contributed by atoms with Crippen LogP contribution < -0.4 is 5.32 Å². The number of rotatable bonds is 6. The minimum atomic E-state index is -0.297. The summed E-state index contributed by atoms with van der Waals surface area (Å²) >= 11 is 0. The maximum atomic E-state index is 13.1. The fourth-order valence-electron chi connectivity index (χ4n) is 2.77. The van der Waals surface area contributed by atoms with Crippen molar-refractivity contribution in [2.45, 2.75) is 32.9 Å². The van der Waals surface area contributed by atoms with E-state index in [9.17, 15) is 9.18 Å². The van der Waals surface area contributed by atoms with Crippen molar-refractivity contribution in [1.82, 2.24) is 24.9 Å². The Labute approximate surface area is 157 Å². The topological polar surface area (TPSA) is 78.8 Å². The van der Waals surface area contributed by atoms with Crippen LogP contribution in [0.1, 0.15) is 31.9 Å². The lowest BCUT2D eigenvalue weighted by atomic mass is 10.1. The first-order chi connectivity index (χ1) is 13.0. The summed E-state index contributed by atoms with van der Waals surface area (Å²) in [6.07, 6.45) is 4.26. The fourth-order valence-corrected chi connectivity index (χ4v) is 2.77. The molecule has 0 saturated carbocycles. The van der Waals surface area contributed by atoms with Gasteiger partial charge in [0.25, 0.3) is 0 Å². The van der Waals surface area contributed by atoms with Crippen molar-refractivity contribution in [2.24, 2.45) is 0 Å². The summed E-state index contributed by atoms with van der Waals surface area (Å²) in [6, 6.07) is 7.87. The molecule has 0 radical (unpaired) electrons. The van der Waals surface area contributed by atoms with E-state index in [1.165, 1.54) is 12.1 Å². The van der Waals surface area contributed by atoms with Crippen molar-refractivity contribution in [3.05, 3.63) is 54.1 Å². The fraction of sp³-hybridized carbons (Fsp3) is 0.316. The lowest BCUT2D eigenvalue weighted by Gasteiger charge is -2.20. The largest absolute Gasteiger partial charge is 0.323 e. The van der Waals surface area contributed by atoms with Crippen LogP contribution >= 0.6 is 0 Å². The first-order valence-electron chi connectivity index (χ1n) is 8.83. The summed E-state index contributed by atoms with van der Waals surface area (Å²) in [4.78, 5) is 14.1. The highest BCUT2D eigenvalue weighted by molar-refractivity contribution is 5.88. The van der Waals surface area contributed by atoms with Crippen molar-refractivity contribution in [3.8, 4) is 11.3 Å². The lowest BCUT2D eigenvalue weighted by Crippen LogP contribution is -2.32. The summed E-state index contributed by atoms with van der Waals surface area (Å²) in [6.45, 7) is 4.47. The number of hydrogen-bond donors (Lipinski definition) is 2. The quantitative estimate of drug-likeness (QED) is 0.687. The monoisotopic (exact) mass is 370 g/mol. The van der Waals surface area contributed by atoms with Crippen molar-refractivity contribution in [2.75, 3.05) is 12.4 Å². The van der Waals surface area contributed by atoms with Crippen molar-refractivity contribution < 1.29 is 9.18 Å². The molecule has 142 valence electrons. The first-order valence-corrected chi connectivity index (χ1v) is 8.83. The maximum Gasteiger partial charge on any atom is 0.323 e.